The highest BCUT2D eigenvalue weighted by Gasteiger charge is 2.45. The minimum Gasteiger partial charge on any atom is -0.480 e. The average Bonchev–Trinajstić information content (AvgIpc) is 3.49. The fourth-order valence-electron chi connectivity index (χ4n) is 5.03. The zero-order valence-electron chi connectivity index (χ0n) is 22.3. The van der Waals surface area contributed by atoms with E-state index >= 15 is 0 Å². The molecule has 2 atom stereocenters. The maximum absolute atomic E-state index is 14.7. The number of hydrogen-bond donors (Lipinski definition) is 2. The number of nitrogens with one attached hydrogen (secondary N) is 1. The molecule has 2 fully saturated rings. The Morgan fingerprint density at radius 3 is 2.64 bits per heavy atom. The van der Waals surface area contributed by atoms with Crippen LogP contribution in [0, 0.1) is 0 Å². The minimum atomic E-state index is -4.99. The van der Waals surface area contributed by atoms with Crippen LogP contribution in [0.5, 0.6) is 5.88 Å². The van der Waals surface area contributed by atoms with Crippen molar-refractivity contribution in [2.75, 3.05) is 58.0 Å². The zero-order valence-corrected chi connectivity index (χ0v) is 23.2. The summed E-state index contributed by atoms with van der Waals surface area (Å²) in [6, 6.07) is 1.90. The van der Waals surface area contributed by atoms with Crippen molar-refractivity contribution in [2.45, 2.75) is 24.9 Å². The first kappa shape index (κ1) is 29.9. The maximum atomic E-state index is 14.7. The number of methoxy groups -OCH3 is 1. The molecule has 5 rings (SSSR count). The molecule has 1 amide bonds. The molecule has 3 aromatic heterocycles. The lowest BCUT2D eigenvalue weighted by atomic mass is 10.1. The molecule has 5 heterocycles. The molecule has 2 aliphatic heterocycles. The van der Waals surface area contributed by atoms with Gasteiger partial charge in [0.2, 0.25) is 15.9 Å². The summed E-state index contributed by atoms with van der Waals surface area (Å²) >= 11 is 0. The Labute approximate surface area is 237 Å². The van der Waals surface area contributed by atoms with Gasteiger partial charge in [-0.3, -0.25) is 9.69 Å². The lowest BCUT2D eigenvalue weighted by Gasteiger charge is -2.26. The lowest BCUT2D eigenvalue weighted by Crippen LogP contribution is -2.42. The first-order chi connectivity index (χ1) is 19.9. The van der Waals surface area contributed by atoms with Crippen LogP contribution in [0.4, 0.5) is 23.4 Å². The standard InChI is InChI=1S/C24H28F4N8O5S/c1-40-23-16(22(37)33-18-11-35(10-17(18)25)42(38,39)12-24(26,27)28)6-14(8-30-23)19-7-15(9-34-2-4-41-5-3-34)20-21(29)31-13-32-36(19)20/h6-8,13,17-18H,2-5,9-12H2,1H3,(H,33,37)(H2,29,31,32). The highest BCUT2D eigenvalue weighted by molar-refractivity contribution is 7.89. The number of halogens is 4. The molecule has 42 heavy (non-hydrogen) atoms. The summed E-state index contributed by atoms with van der Waals surface area (Å²) in [6.45, 7) is 1.69. The number of rotatable bonds is 8. The Morgan fingerprint density at radius 1 is 1.21 bits per heavy atom. The second-order valence-electron chi connectivity index (χ2n) is 9.91. The third kappa shape index (κ3) is 6.25. The summed E-state index contributed by atoms with van der Waals surface area (Å²) in [4.78, 5) is 23.8. The van der Waals surface area contributed by atoms with Crippen LogP contribution in [0.1, 0.15) is 15.9 Å². The molecule has 228 valence electrons. The van der Waals surface area contributed by atoms with Crippen LogP contribution in [0.3, 0.4) is 0 Å². The number of amides is 1. The summed E-state index contributed by atoms with van der Waals surface area (Å²) in [5, 5.41) is 6.71. The van der Waals surface area contributed by atoms with Crippen molar-refractivity contribution in [3.05, 3.63) is 35.8 Å². The van der Waals surface area contributed by atoms with Crippen molar-refractivity contribution in [2.24, 2.45) is 0 Å². The molecular weight excluding hydrogens is 588 g/mol. The van der Waals surface area contributed by atoms with Gasteiger partial charge in [-0.05, 0) is 17.7 Å². The molecule has 18 heteroatoms. The van der Waals surface area contributed by atoms with Crippen LogP contribution in [0.25, 0.3) is 16.8 Å². The molecule has 13 nitrogen and oxygen atoms in total. The first-order valence-corrected chi connectivity index (χ1v) is 14.4. The number of nitrogens with zero attached hydrogens (tertiary/aromatic N) is 6. The normalized spacial score (nSPS) is 20.7. The summed E-state index contributed by atoms with van der Waals surface area (Å²) in [5.74, 6) is -2.83. The van der Waals surface area contributed by atoms with Crippen molar-refractivity contribution in [3.8, 4) is 17.1 Å². The van der Waals surface area contributed by atoms with Gasteiger partial charge in [-0.1, -0.05) is 0 Å². The number of carbonyl (C=O) groups excluding carboxylic acids is 1. The van der Waals surface area contributed by atoms with Crippen LogP contribution in [0.15, 0.2) is 24.7 Å². The number of carbonyl (C=O) groups is 1. The molecule has 0 aromatic carbocycles. The van der Waals surface area contributed by atoms with Crippen molar-refractivity contribution in [1.82, 2.24) is 34.1 Å². The molecule has 0 saturated carbocycles. The smallest absolute Gasteiger partial charge is 0.404 e. The molecular formula is C24H28F4N8O5S. The number of anilines is 1. The van der Waals surface area contributed by atoms with Crippen molar-refractivity contribution in [1.29, 1.82) is 0 Å². The molecule has 3 N–H and O–H groups in total. The van der Waals surface area contributed by atoms with Crippen molar-refractivity contribution < 1.29 is 40.2 Å². The van der Waals surface area contributed by atoms with E-state index in [2.05, 4.69) is 25.3 Å². The molecule has 0 spiro atoms. The van der Waals surface area contributed by atoms with E-state index in [1.54, 1.807) is 4.52 Å². The second kappa shape index (κ2) is 11.6. The van der Waals surface area contributed by atoms with E-state index in [0.717, 1.165) is 18.7 Å². The molecule has 0 radical (unpaired) electrons. The number of hydrogen-bond acceptors (Lipinski definition) is 10. The summed E-state index contributed by atoms with van der Waals surface area (Å²) in [6.07, 6.45) is -4.19. The van der Waals surface area contributed by atoms with Gasteiger partial charge in [0, 0.05) is 44.5 Å². The van der Waals surface area contributed by atoms with Gasteiger partial charge in [-0.2, -0.15) is 22.6 Å². The van der Waals surface area contributed by atoms with Gasteiger partial charge in [0.25, 0.3) is 5.91 Å². The minimum absolute atomic E-state index is 0.102. The Bertz CT molecular complexity index is 1580. The molecule has 2 aliphatic rings. The van der Waals surface area contributed by atoms with Gasteiger partial charge in [-0.15, -0.1) is 0 Å². The molecule has 0 aliphatic carbocycles. The van der Waals surface area contributed by atoms with Crippen LogP contribution in [-0.2, 0) is 21.3 Å². The third-order valence-corrected chi connectivity index (χ3v) is 8.79. The fraction of sp³-hybridized carbons (Fsp3) is 0.500. The van der Waals surface area contributed by atoms with E-state index in [-0.39, 0.29) is 17.3 Å². The van der Waals surface area contributed by atoms with E-state index < -0.39 is 53.2 Å². The summed E-state index contributed by atoms with van der Waals surface area (Å²) in [5.41, 5.74) is 8.46. The summed E-state index contributed by atoms with van der Waals surface area (Å²) in [7, 11) is -3.55. The number of sulfonamides is 1. The van der Waals surface area contributed by atoms with E-state index in [1.807, 2.05) is 6.07 Å². The predicted molar refractivity (Wildman–Crippen MR) is 141 cm³/mol. The van der Waals surface area contributed by atoms with Crippen molar-refractivity contribution >= 4 is 27.3 Å². The Morgan fingerprint density at radius 2 is 1.95 bits per heavy atom. The zero-order chi connectivity index (χ0) is 30.2. The number of fused-ring (bicyclic) bond motifs is 1. The number of ether oxygens (including phenoxy) is 2. The second-order valence-corrected chi connectivity index (χ2v) is 11.9. The molecule has 2 saturated heterocycles. The molecule has 3 aromatic rings. The number of nitrogens with two attached hydrogens (primary N) is 1. The van der Waals surface area contributed by atoms with Gasteiger partial charge >= 0.3 is 6.18 Å². The van der Waals surface area contributed by atoms with Gasteiger partial charge in [0.15, 0.2) is 11.6 Å². The van der Waals surface area contributed by atoms with Gasteiger partial charge in [0.05, 0.1) is 32.1 Å². The Hall–Kier alpha value is -3.61. The average molecular weight is 617 g/mol. The summed E-state index contributed by atoms with van der Waals surface area (Å²) < 4.78 is 89.7. The Balaban J connectivity index is 1.42. The fourth-order valence-corrected chi connectivity index (χ4v) is 6.38. The van der Waals surface area contributed by atoms with E-state index in [4.69, 9.17) is 15.2 Å². The number of aromatic nitrogens is 4. The van der Waals surface area contributed by atoms with Crippen molar-refractivity contribution in [3.63, 3.8) is 0 Å². The van der Waals surface area contributed by atoms with Gasteiger partial charge < -0.3 is 20.5 Å². The van der Waals surface area contributed by atoms with Gasteiger partial charge in [0.1, 0.15) is 23.6 Å². The van der Waals surface area contributed by atoms with Crippen LogP contribution in [0.2, 0.25) is 0 Å². The first-order valence-electron chi connectivity index (χ1n) is 12.8. The molecule has 0 bridgehead atoms. The Kier molecular flexibility index (Phi) is 8.23. The molecule has 2 unspecified atom stereocenters. The van der Waals surface area contributed by atoms with Gasteiger partial charge in [-0.25, -0.2) is 27.3 Å². The van der Waals surface area contributed by atoms with Crippen LogP contribution in [-0.4, -0.2) is 114 Å². The lowest BCUT2D eigenvalue weighted by molar-refractivity contribution is -0.107. The SMILES string of the molecule is COc1ncc(-c2cc(CN3CCOCC3)c3c(N)ncnn23)cc1C(=O)NC1CN(S(=O)(=O)CC(F)(F)F)CC1F. The quantitative estimate of drug-likeness (QED) is 0.348. The third-order valence-electron chi connectivity index (χ3n) is 7.02. The van der Waals surface area contributed by atoms with Crippen LogP contribution < -0.4 is 15.8 Å². The largest absolute Gasteiger partial charge is 0.480 e. The number of pyridine rings is 1. The number of morpholine rings is 1. The number of alkyl halides is 4. The predicted octanol–water partition coefficient (Wildman–Crippen LogP) is 0.859. The van der Waals surface area contributed by atoms with E-state index in [9.17, 15) is 30.8 Å². The topological polar surface area (TPSA) is 157 Å². The highest BCUT2D eigenvalue weighted by Crippen LogP contribution is 2.31. The van der Waals surface area contributed by atoms with Crippen LogP contribution >= 0.6 is 0 Å². The highest BCUT2D eigenvalue weighted by atomic mass is 32.2. The van der Waals surface area contributed by atoms with E-state index in [1.165, 1.54) is 25.7 Å². The van der Waals surface area contributed by atoms with E-state index in [0.29, 0.717) is 40.8 Å². The number of nitrogen functional groups attached to an aromatic ring is 1. The maximum Gasteiger partial charge on any atom is 0.404 e. The monoisotopic (exact) mass is 616 g/mol.